The fourth-order valence-electron chi connectivity index (χ4n) is 12.7. The SMILES string of the molecule is c1ccc2c(c1)-c1ccc(-c3cc4c5ccccc5n(-c5nc6ccccc6c6nc7ccccc7n56)c4c4ccccc34)cc1C21c2ccccc2-c2c1c1ccccc1c1ccccc21. The second kappa shape index (κ2) is 12.7. The van der Waals surface area contributed by atoms with Crippen LogP contribution in [0.4, 0.5) is 0 Å². The zero-order valence-electron chi connectivity index (χ0n) is 36.1. The van der Waals surface area contributed by atoms with Gasteiger partial charge in [0.05, 0.1) is 33.0 Å². The van der Waals surface area contributed by atoms with Crippen LogP contribution in [0.1, 0.15) is 22.3 Å². The largest absolute Gasteiger partial charge is 0.278 e. The van der Waals surface area contributed by atoms with Crippen LogP contribution in [0.5, 0.6) is 0 Å². The van der Waals surface area contributed by atoms with Crippen molar-refractivity contribution < 1.29 is 0 Å². The highest BCUT2D eigenvalue weighted by Gasteiger charge is 2.53. The Kier molecular flexibility index (Phi) is 6.72. The number of imidazole rings is 1. The van der Waals surface area contributed by atoms with Crippen molar-refractivity contribution in [3.8, 4) is 39.3 Å². The second-order valence-electron chi connectivity index (χ2n) is 18.3. The Morgan fingerprint density at radius 3 is 1.72 bits per heavy atom. The lowest BCUT2D eigenvalue weighted by Crippen LogP contribution is -2.26. The molecule has 14 aromatic rings. The summed E-state index contributed by atoms with van der Waals surface area (Å²) >= 11 is 0. The van der Waals surface area contributed by atoms with E-state index in [1.165, 1.54) is 98.7 Å². The molecular formula is C63H36N4. The first-order chi connectivity index (χ1) is 33.3. The molecule has 3 heterocycles. The number of hydrogen-bond donors (Lipinski definition) is 0. The Morgan fingerprint density at radius 2 is 0.910 bits per heavy atom. The number of para-hydroxylation sites is 4. The molecule has 1 unspecified atom stereocenters. The molecule has 2 aliphatic carbocycles. The molecular weight excluding hydrogens is 813 g/mol. The maximum atomic E-state index is 5.52. The molecule has 4 nitrogen and oxygen atoms in total. The summed E-state index contributed by atoms with van der Waals surface area (Å²) in [5.41, 5.74) is 18.6. The maximum Gasteiger partial charge on any atom is 0.221 e. The predicted octanol–water partition coefficient (Wildman–Crippen LogP) is 15.6. The van der Waals surface area contributed by atoms with Crippen LogP contribution < -0.4 is 0 Å². The minimum atomic E-state index is -0.534. The topological polar surface area (TPSA) is 35.1 Å². The molecule has 4 heteroatoms. The van der Waals surface area contributed by atoms with E-state index in [9.17, 15) is 0 Å². The van der Waals surface area contributed by atoms with Crippen LogP contribution in [-0.4, -0.2) is 18.9 Å². The van der Waals surface area contributed by atoms with Gasteiger partial charge in [-0.1, -0.05) is 176 Å². The molecule has 11 aromatic carbocycles. The Morgan fingerprint density at radius 1 is 0.343 bits per heavy atom. The molecule has 1 spiro atoms. The van der Waals surface area contributed by atoms with Crippen molar-refractivity contribution in [1.29, 1.82) is 0 Å². The first-order valence-electron chi connectivity index (χ1n) is 23.2. The zero-order valence-corrected chi connectivity index (χ0v) is 36.1. The minimum Gasteiger partial charge on any atom is -0.278 e. The molecule has 0 saturated carbocycles. The monoisotopic (exact) mass is 848 g/mol. The number of hydrogen-bond acceptors (Lipinski definition) is 2. The quantitative estimate of drug-likeness (QED) is 0.162. The van der Waals surface area contributed by atoms with Crippen molar-refractivity contribution in [3.05, 3.63) is 241 Å². The lowest BCUT2D eigenvalue weighted by Gasteiger charge is -2.32. The Labute approximate surface area is 384 Å². The standard InChI is InChI=1S/C63H36N4/c1-4-22-44-38(17-1)39-18-2-5-23-45(39)59-58(44)47-25-8-12-28-52(47)63(59)51-27-11-7-20-41(51)42-34-33-37(35-53(42)63)49-36-50-43-21-10-15-31-56(43)66(60(50)46-24-6-3-19-40(46)49)62-65-54-29-13-9-26-48(54)61-64-55-30-14-16-32-57(55)67(61)62/h1-36H. The van der Waals surface area contributed by atoms with Gasteiger partial charge in [0.25, 0.3) is 0 Å². The molecule has 0 fully saturated rings. The molecule has 0 bridgehead atoms. The Bertz CT molecular complexity index is 4530. The maximum absolute atomic E-state index is 5.52. The summed E-state index contributed by atoms with van der Waals surface area (Å²) in [6.45, 7) is 0. The molecule has 16 rings (SSSR count). The van der Waals surface area contributed by atoms with Crippen LogP contribution in [0.3, 0.4) is 0 Å². The molecule has 308 valence electrons. The highest BCUT2D eigenvalue weighted by molar-refractivity contribution is 6.23. The van der Waals surface area contributed by atoms with Gasteiger partial charge in [-0.15, -0.1) is 0 Å². The molecule has 0 amide bonds. The van der Waals surface area contributed by atoms with Crippen LogP contribution >= 0.6 is 0 Å². The smallest absolute Gasteiger partial charge is 0.221 e. The van der Waals surface area contributed by atoms with Crippen molar-refractivity contribution in [3.63, 3.8) is 0 Å². The van der Waals surface area contributed by atoms with Gasteiger partial charge in [-0.2, -0.15) is 0 Å². The van der Waals surface area contributed by atoms with Crippen molar-refractivity contribution in [2.45, 2.75) is 5.41 Å². The number of nitrogens with zero attached hydrogens (tertiary/aromatic N) is 4. The van der Waals surface area contributed by atoms with Crippen LogP contribution in [0.25, 0.3) is 121 Å². The predicted molar refractivity (Wildman–Crippen MR) is 277 cm³/mol. The third kappa shape index (κ3) is 4.34. The van der Waals surface area contributed by atoms with Gasteiger partial charge in [0.2, 0.25) is 5.95 Å². The highest BCUT2D eigenvalue weighted by Crippen LogP contribution is 2.65. The summed E-state index contributed by atoms with van der Waals surface area (Å²) in [4.78, 5) is 10.8. The van der Waals surface area contributed by atoms with Gasteiger partial charge in [-0.3, -0.25) is 8.97 Å². The van der Waals surface area contributed by atoms with Crippen molar-refractivity contribution >= 4 is 81.7 Å². The van der Waals surface area contributed by atoms with Gasteiger partial charge in [0.15, 0.2) is 0 Å². The van der Waals surface area contributed by atoms with Crippen molar-refractivity contribution in [2.75, 3.05) is 0 Å². The van der Waals surface area contributed by atoms with E-state index in [-0.39, 0.29) is 0 Å². The summed E-state index contributed by atoms with van der Waals surface area (Å²) in [6.07, 6.45) is 0. The van der Waals surface area contributed by atoms with E-state index >= 15 is 0 Å². The molecule has 2 aliphatic rings. The van der Waals surface area contributed by atoms with Gasteiger partial charge in [0, 0.05) is 21.5 Å². The van der Waals surface area contributed by atoms with Crippen molar-refractivity contribution in [2.24, 2.45) is 0 Å². The first-order valence-corrected chi connectivity index (χ1v) is 23.2. The van der Waals surface area contributed by atoms with E-state index in [1.807, 2.05) is 0 Å². The molecule has 0 radical (unpaired) electrons. The molecule has 3 aromatic heterocycles. The van der Waals surface area contributed by atoms with Gasteiger partial charge in [-0.25, -0.2) is 9.97 Å². The third-order valence-corrected chi connectivity index (χ3v) is 15.3. The lowest BCUT2D eigenvalue weighted by molar-refractivity contribution is 0.802. The number of rotatable bonds is 2. The summed E-state index contributed by atoms with van der Waals surface area (Å²) in [7, 11) is 0. The Hall–Kier alpha value is -8.86. The molecule has 0 saturated heterocycles. The fourth-order valence-corrected chi connectivity index (χ4v) is 12.7. The van der Waals surface area contributed by atoms with E-state index in [0.29, 0.717) is 0 Å². The number of fused-ring (bicyclic) bond motifs is 25. The lowest BCUT2D eigenvalue weighted by atomic mass is 9.68. The first kappa shape index (κ1) is 35.5. The van der Waals surface area contributed by atoms with E-state index in [1.54, 1.807) is 0 Å². The average molecular weight is 849 g/mol. The van der Waals surface area contributed by atoms with Gasteiger partial charge in [0.1, 0.15) is 5.65 Å². The molecule has 0 aliphatic heterocycles. The van der Waals surface area contributed by atoms with Gasteiger partial charge < -0.3 is 0 Å². The van der Waals surface area contributed by atoms with Gasteiger partial charge in [-0.05, 0) is 125 Å². The Balaban J connectivity index is 1.02. The highest BCUT2D eigenvalue weighted by atomic mass is 15.2. The molecule has 0 N–H and O–H groups in total. The molecule has 67 heavy (non-hydrogen) atoms. The summed E-state index contributed by atoms with van der Waals surface area (Å²) in [5.74, 6) is 0.821. The van der Waals surface area contributed by atoms with E-state index in [0.717, 1.165) is 44.6 Å². The van der Waals surface area contributed by atoms with Crippen LogP contribution in [0.15, 0.2) is 218 Å². The summed E-state index contributed by atoms with van der Waals surface area (Å²) < 4.78 is 4.65. The third-order valence-electron chi connectivity index (χ3n) is 15.3. The fraction of sp³-hybridized carbons (Fsp3) is 0.0159. The summed E-state index contributed by atoms with van der Waals surface area (Å²) in [5, 5.41) is 11.0. The van der Waals surface area contributed by atoms with E-state index in [4.69, 9.17) is 9.97 Å². The van der Waals surface area contributed by atoms with Gasteiger partial charge >= 0.3 is 0 Å². The van der Waals surface area contributed by atoms with E-state index in [2.05, 4.69) is 227 Å². The van der Waals surface area contributed by atoms with Crippen LogP contribution in [0.2, 0.25) is 0 Å². The normalized spacial score (nSPS) is 14.9. The minimum absolute atomic E-state index is 0.534. The van der Waals surface area contributed by atoms with Crippen LogP contribution in [0, 0.1) is 0 Å². The number of aromatic nitrogens is 4. The summed E-state index contributed by atoms with van der Waals surface area (Å²) in [6, 6.07) is 80.9. The van der Waals surface area contributed by atoms with Crippen molar-refractivity contribution in [1.82, 2.24) is 18.9 Å². The second-order valence-corrected chi connectivity index (χ2v) is 18.3. The molecule has 1 atom stereocenters. The average Bonchev–Trinajstić information content (AvgIpc) is 4.13. The van der Waals surface area contributed by atoms with E-state index < -0.39 is 5.41 Å². The zero-order chi connectivity index (χ0) is 43.5. The number of benzene rings is 11. The van der Waals surface area contributed by atoms with Crippen LogP contribution in [-0.2, 0) is 5.41 Å².